The molecule has 0 aromatic heterocycles. The minimum Gasteiger partial charge on any atom is -0.465 e. The molecule has 2 aliphatic rings. The van der Waals surface area contributed by atoms with E-state index in [-0.39, 0.29) is 16.9 Å². The number of hydrogen-bond acceptors (Lipinski definition) is 3. The molecule has 2 aliphatic carbocycles. The van der Waals surface area contributed by atoms with Crippen LogP contribution in [0.2, 0.25) is 5.04 Å². The van der Waals surface area contributed by atoms with E-state index >= 15 is 0 Å². The van der Waals surface area contributed by atoms with Gasteiger partial charge >= 0.3 is 5.97 Å². The van der Waals surface area contributed by atoms with E-state index in [1.807, 2.05) is 26.8 Å². The first-order chi connectivity index (χ1) is 17.5. The van der Waals surface area contributed by atoms with Crippen LogP contribution in [-0.2, 0) is 14.0 Å². The van der Waals surface area contributed by atoms with Crippen LogP contribution in [0.5, 0.6) is 0 Å². The lowest BCUT2D eigenvalue weighted by Gasteiger charge is -2.43. The monoisotopic (exact) mass is 516 g/mol. The summed E-state index contributed by atoms with van der Waals surface area (Å²) in [6.07, 6.45) is 5.21. The molecular formula is C33H44O3Si. The molecule has 198 valence electrons. The number of fused-ring (bicyclic) bond motifs is 1. The maximum Gasteiger partial charge on any atom is 0.311 e. The Bertz CT molecular complexity index is 1080. The van der Waals surface area contributed by atoms with Gasteiger partial charge in [-0.15, -0.1) is 0 Å². The van der Waals surface area contributed by atoms with Crippen molar-refractivity contribution in [1.29, 1.82) is 0 Å². The number of ether oxygens (including phenoxy) is 1. The van der Waals surface area contributed by atoms with Gasteiger partial charge in [-0.25, -0.2) is 0 Å². The van der Waals surface area contributed by atoms with E-state index in [2.05, 4.69) is 88.0 Å². The molecule has 0 aliphatic heterocycles. The van der Waals surface area contributed by atoms with Crippen molar-refractivity contribution in [1.82, 2.24) is 0 Å². The summed E-state index contributed by atoms with van der Waals surface area (Å²) in [6, 6.07) is 21.7. The second-order valence-corrected chi connectivity index (χ2v) is 17.2. The predicted octanol–water partition coefficient (Wildman–Crippen LogP) is 6.68. The number of carbonyl (C=O) groups excluding carboxylic acids is 1. The second-order valence-electron chi connectivity index (χ2n) is 12.8. The average Bonchev–Trinajstić information content (AvgIpc) is 3.43. The Labute approximate surface area is 225 Å². The minimum atomic E-state index is -2.59. The lowest BCUT2D eigenvalue weighted by molar-refractivity contribution is -0.153. The lowest BCUT2D eigenvalue weighted by atomic mass is 9.94. The summed E-state index contributed by atoms with van der Waals surface area (Å²) in [5.74, 6) is 1.01. The zero-order chi connectivity index (χ0) is 26.8. The van der Waals surface area contributed by atoms with Gasteiger partial charge in [0.25, 0.3) is 8.32 Å². The molecule has 3 atom stereocenters. The zero-order valence-corrected chi connectivity index (χ0v) is 24.6. The van der Waals surface area contributed by atoms with Crippen LogP contribution >= 0.6 is 0 Å². The van der Waals surface area contributed by atoms with Gasteiger partial charge in [-0.3, -0.25) is 4.79 Å². The Morgan fingerprint density at radius 1 is 0.946 bits per heavy atom. The second kappa shape index (κ2) is 10.7. The van der Waals surface area contributed by atoms with E-state index in [4.69, 9.17) is 9.16 Å². The Balaban J connectivity index is 1.64. The first-order valence-corrected chi connectivity index (χ1v) is 15.7. The molecule has 2 aromatic rings. The maximum absolute atomic E-state index is 12.5. The number of hydrogen-bond donors (Lipinski definition) is 0. The molecule has 0 spiro atoms. The third-order valence-electron chi connectivity index (χ3n) is 8.30. The highest BCUT2D eigenvalue weighted by Gasteiger charge is 2.52. The molecule has 0 heterocycles. The molecule has 0 N–H and O–H groups in total. The largest absolute Gasteiger partial charge is 0.465 e. The molecule has 37 heavy (non-hydrogen) atoms. The summed E-state index contributed by atoms with van der Waals surface area (Å²) >= 11 is 0. The maximum atomic E-state index is 12.5. The van der Waals surface area contributed by atoms with Crippen molar-refractivity contribution >= 4 is 24.7 Å². The fourth-order valence-corrected chi connectivity index (χ4v) is 11.1. The molecule has 2 aromatic carbocycles. The zero-order valence-electron chi connectivity index (χ0n) is 23.6. The minimum absolute atomic E-state index is 0.0451. The summed E-state index contributed by atoms with van der Waals surface area (Å²) in [6.45, 7) is 18.0. The molecule has 4 rings (SSSR count). The van der Waals surface area contributed by atoms with E-state index in [9.17, 15) is 4.79 Å². The fraction of sp³-hybridized carbons (Fsp3) is 0.485. The van der Waals surface area contributed by atoms with Crippen LogP contribution in [0.4, 0.5) is 0 Å². The first kappa shape index (κ1) is 27.6. The highest BCUT2D eigenvalue weighted by atomic mass is 28.4. The highest BCUT2D eigenvalue weighted by molar-refractivity contribution is 6.99. The number of esters is 1. The number of allylic oxidation sites excluding steroid dienone is 2. The summed E-state index contributed by atoms with van der Waals surface area (Å²) in [4.78, 5) is 12.5. The smallest absolute Gasteiger partial charge is 0.311 e. The third-order valence-corrected chi connectivity index (χ3v) is 13.3. The SMILES string of the molecule is C=CC1=C2[C@@H](COC(=O)C(C)(C)C)C[C@@H](CO[Si](c3ccccc3)(c3ccccc3)C(C)(C)C)[C@H]2CC1. The number of carbonyl (C=O) groups is 1. The average molecular weight is 517 g/mol. The van der Waals surface area contributed by atoms with E-state index in [0.717, 1.165) is 25.9 Å². The number of benzene rings is 2. The molecule has 0 amide bonds. The van der Waals surface area contributed by atoms with Crippen LogP contribution < -0.4 is 10.4 Å². The molecular weight excluding hydrogens is 472 g/mol. The summed E-state index contributed by atoms with van der Waals surface area (Å²) in [7, 11) is -2.59. The molecule has 1 saturated carbocycles. The van der Waals surface area contributed by atoms with Gasteiger partial charge in [0.1, 0.15) is 0 Å². The van der Waals surface area contributed by atoms with Crippen LogP contribution in [-0.4, -0.2) is 27.5 Å². The van der Waals surface area contributed by atoms with Crippen LogP contribution in [0.1, 0.15) is 60.8 Å². The highest BCUT2D eigenvalue weighted by Crippen LogP contribution is 2.51. The van der Waals surface area contributed by atoms with Crippen LogP contribution in [0.3, 0.4) is 0 Å². The van der Waals surface area contributed by atoms with Gasteiger partial charge in [0.15, 0.2) is 0 Å². The molecule has 0 unspecified atom stereocenters. The standard InChI is InChI=1S/C33H44O3Si/c1-8-24-19-20-29-25(21-26(30(24)29)22-35-31(34)32(2,3)4)23-36-37(33(5,6)7,27-15-11-9-12-16-27)28-17-13-10-14-18-28/h8-18,25-26,29H,1,19-23H2,2-7H3/t25-,26+,29+/m0/s1. The van der Waals surface area contributed by atoms with Crippen molar-refractivity contribution < 1.29 is 14.0 Å². The molecule has 4 heteroatoms. The Morgan fingerprint density at radius 3 is 2.00 bits per heavy atom. The topological polar surface area (TPSA) is 35.5 Å². The molecule has 0 radical (unpaired) electrons. The van der Waals surface area contributed by atoms with Crippen molar-refractivity contribution in [3.63, 3.8) is 0 Å². The Kier molecular flexibility index (Phi) is 8.01. The van der Waals surface area contributed by atoms with Crippen LogP contribution in [0.15, 0.2) is 84.5 Å². The predicted molar refractivity (Wildman–Crippen MR) is 156 cm³/mol. The van der Waals surface area contributed by atoms with Crippen LogP contribution in [0, 0.1) is 23.2 Å². The van der Waals surface area contributed by atoms with Crippen molar-refractivity contribution in [2.75, 3.05) is 13.2 Å². The van der Waals surface area contributed by atoms with Gasteiger partial charge in [0, 0.05) is 12.5 Å². The van der Waals surface area contributed by atoms with E-state index in [1.54, 1.807) is 0 Å². The van der Waals surface area contributed by atoms with Gasteiger partial charge in [-0.2, -0.15) is 0 Å². The van der Waals surface area contributed by atoms with Crippen molar-refractivity contribution in [3.05, 3.63) is 84.5 Å². The van der Waals surface area contributed by atoms with E-state index < -0.39 is 13.7 Å². The summed E-state index contributed by atoms with van der Waals surface area (Å²) in [5.41, 5.74) is 2.33. The lowest BCUT2D eigenvalue weighted by Crippen LogP contribution is -2.67. The first-order valence-electron chi connectivity index (χ1n) is 13.8. The molecule has 3 nitrogen and oxygen atoms in total. The van der Waals surface area contributed by atoms with Gasteiger partial charge in [-0.1, -0.05) is 99.7 Å². The van der Waals surface area contributed by atoms with Gasteiger partial charge < -0.3 is 9.16 Å². The quantitative estimate of drug-likeness (QED) is 0.290. The van der Waals surface area contributed by atoms with Gasteiger partial charge in [-0.05, 0) is 72.9 Å². The van der Waals surface area contributed by atoms with Crippen LogP contribution in [0.25, 0.3) is 0 Å². The number of rotatable bonds is 8. The molecule has 0 saturated heterocycles. The van der Waals surface area contributed by atoms with Gasteiger partial charge in [0.05, 0.1) is 12.0 Å². The fourth-order valence-electron chi connectivity index (χ4n) is 6.51. The van der Waals surface area contributed by atoms with Crippen molar-refractivity contribution in [3.8, 4) is 0 Å². The van der Waals surface area contributed by atoms with E-state index in [1.165, 1.54) is 21.5 Å². The normalized spacial score (nSPS) is 22.2. The van der Waals surface area contributed by atoms with Crippen molar-refractivity contribution in [2.45, 2.75) is 65.8 Å². The summed E-state index contributed by atoms with van der Waals surface area (Å²) < 4.78 is 13.2. The summed E-state index contributed by atoms with van der Waals surface area (Å²) in [5, 5.41) is 2.59. The third kappa shape index (κ3) is 5.42. The molecule has 1 fully saturated rings. The van der Waals surface area contributed by atoms with Crippen molar-refractivity contribution in [2.24, 2.45) is 23.2 Å². The van der Waals surface area contributed by atoms with Gasteiger partial charge in [0.2, 0.25) is 0 Å². The Hall–Kier alpha value is -2.43. The van der Waals surface area contributed by atoms with E-state index in [0.29, 0.717) is 18.4 Å². The Morgan fingerprint density at radius 2 is 1.51 bits per heavy atom. The molecule has 0 bridgehead atoms.